The molecule has 8 heteroatoms. The highest BCUT2D eigenvalue weighted by atomic mass is 19.1. The van der Waals surface area contributed by atoms with Gasteiger partial charge in [0, 0.05) is 24.6 Å². The number of methoxy groups -OCH3 is 1. The van der Waals surface area contributed by atoms with E-state index in [1.165, 1.54) is 35.4 Å². The highest BCUT2D eigenvalue weighted by Gasteiger charge is 2.36. The monoisotopic (exact) mass is 435 g/mol. The number of para-hydroxylation sites is 1. The maximum atomic E-state index is 14.4. The lowest BCUT2D eigenvalue weighted by Crippen LogP contribution is -2.39. The van der Waals surface area contributed by atoms with Crippen molar-refractivity contribution in [3.63, 3.8) is 0 Å². The van der Waals surface area contributed by atoms with Crippen molar-refractivity contribution in [2.24, 2.45) is 5.10 Å². The molecule has 4 rings (SSSR count). The van der Waals surface area contributed by atoms with Crippen LogP contribution in [0, 0.1) is 5.82 Å². The molecule has 0 spiro atoms. The highest BCUT2D eigenvalue weighted by molar-refractivity contribution is 6.04. The van der Waals surface area contributed by atoms with E-state index in [1.807, 2.05) is 18.2 Å². The first-order valence-corrected chi connectivity index (χ1v) is 10.1. The summed E-state index contributed by atoms with van der Waals surface area (Å²) < 4.78 is 25.1. The lowest BCUT2D eigenvalue weighted by Gasteiger charge is -2.25. The van der Waals surface area contributed by atoms with Crippen LogP contribution >= 0.6 is 0 Å². The summed E-state index contributed by atoms with van der Waals surface area (Å²) in [6, 6.07) is 16.3. The van der Waals surface area contributed by atoms with Gasteiger partial charge in [-0.3, -0.25) is 9.59 Å². The molecular weight excluding hydrogens is 413 g/mol. The largest absolute Gasteiger partial charge is 0.496 e. The minimum atomic E-state index is -0.500. The summed E-state index contributed by atoms with van der Waals surface area (Å²) in [6.07, 6.45) is 1.70. The second-order valence-corrected chi connectivity index (χ2v) is 7.37. The van der Waals surface area contributed by atoms with E-state index < -0.39 is 23.7 Å². The maximum Gasteiger partial charge on any atom is 0.289 e. The molecule has 1 atom stereocenters. The molecule has 0 fully saturated rings. The van der Waals surface area contributed by atoms with Gasteiger partial charge in [0.1, 0.15) is 18.1 Å². The lowest BCUT2D eigenvalue weighted by molar-refractivity contribution is -0.133. The second-order valence-electron chi connectivity index (χ2n) is 7.37. The molecule has 7 nitrogen and oxygen atoms in total. The Bertz CT molecular complexity index is 1160. The fourth-order valence-electron chi connectivity index (χ4n) is 3.72. The average molecular weight is 435 g/mol. The van der Waals surface area contributed by atoms with Crippen LogP contribution in [0.4, 0.5) is 4.39 Å². The summed E-state index contributed by atoms with van der Waals surface area (Å²) in [7, 11) is 3.06. The van der Waals surface area contributed by atoms with E-state index in [2.05, 4.69) is 5.10 Å². The first kappa shape index (κ1) is 21.3. The van der Waals surface area contributed by atoms with Crippen LogP contribution in [-0.2, 0) is 4.79 Å². The number of benzene rings is 2. The van der Waals surface area contributed by atoms with E-state index in [4.69, 9.17) is 9.15 Å². The molecule has 0 saturated heterocycles. The number of carbonyl (C=O) groups excluding carboxylic acids is 2. The third-order valence-electron chi connectivity index (χ3n) is 5.30. The topological polar surface area (TPSA) is 75.3 Å². The fraction of sp³-hybridized carbons (Fsp3) is 0.208. The van der Waals surface area contributed by atoms with Crippen molar-refractivity contribution < 1.29 is 23.1 Å². The van der Waals surface area contributed by atoms with E-state index in [9.17, 15) is 14.0 Å². The standard InChI is InChI=1S/C24H22FN3O4/c1-27(24(30)22-12-7-13-32-22)15-23(29)28-20(17-9-4-6-11-21(17)31-2)14-19(26-28)16-8-3-5-10-18(16)25/h3-13,20H,14-15H2,1-2H3/t20-/m0/s1. The zero-order chi connectivity index (χ0) is 22.7. The normalized spacial score (nSPS) is 15.4. The predicted molar refractivity (Wildman–Crippen MR) is 116 cm³/mol. The van der Waals surface area contributed by atoms with Gasteiger partial charge in [-0.2, -0.15) is 5.10 Å². The minimum Gasteiger partial charge on any atom is -0.496 e. The lowest BCUT2D eigenvalue weighted by atomic mass is 9.97. The number of furan rings is 1. The summed E-state index contributed by atoms with van der Waals surface area (Å²) in [6.45, 7) is -0.223. The van der Waals surface area contributed by atoms with E-state index in [-0.39, 0.29) is 12.3 Å². The van der Waals surface area contributed by atoms with Crippen LogP contribution < -0.4 is 4.74 Å². The SMILES string of the molecule is COc1ccccc1[C@@H]1CC(c2ccccc2F)=NN1C(=O)CN(C)C(=O)c1ccco1. The molecule has 2 amide bonds. The summed E-state index contributed by atoms with van der Waals surface area (Å²) in [5, 5.41) is 5.78. The van der Waals surface area contributed by atoms with Gasteiger partial charge in [-0.1, -0.05) is 36.4 Å². The van der Waals surface area contributed by atoms with Crippen molar-refractivity contribution in [2.75, 3.05) is 20.7 Å². The number of likely N-dealkylation sites (N-methyl/N-ethyl adjacent to an activating group) is 1. The number of hydrogen-bond acceptors (Lipinski definition) is 5. The van der Waals surface area contributed by atoms with Crippen molar-refractivity contribution >= 4 is 17.5 Å². The number of amides is 2. The Labute approximate surface area is 184 Å². The molecular formula is C24H22FN3O4. The molecule has 0 aliphatic carbocycles. The molecule has 0 saturated carbocycles. The van der Waals surface area contributed by atoms with Gasteiger partial charge in [0.25, 0.3) is 11.8 Å². The van der Waals surface area contributed by atoms with Gasteiger partial charge in [-0.25, -0.2) is 9.40 Å². The molecule has 2 aromatic carbocycles. The van der Waals surface area contributed by atoms with Crippen molar-refractivity contribution in [1.82, 2.24) is 9.91 Å². The molecule has 1 aliphatic rings. The average Bonchev–Trinajstić information content (AvgIpc) is 3.49. The van der Waals surface area contributed by atoms with E-state index in [0.717, 1.165) is 5.56 Å². The number of halogens is 1. The van der Waals surface area contributed by atoms with Crippen LogP contribution in [0.15, 0.2) is 76.4 Å². The molecule has 164 valence electrons. The third-order valence-corrected chi connectivity index (χ3v) is 5.30. The van der Waals surface area contributed by atoms with Gasteiger partial charge >= 0.3 is 0 Å². The van der Waals surface area contributed by atoms with Crippen molar-refractivity contribution in [2.45, 2.75) is 12.5 Å². The molecule has 0 unspecified atom stereocenters. The van der Waals surface area contributed by atoms with Crippen LogP contribution in [0.1, 0.15) is 34.1 Å². The van der Waals surface area contributed by atoms with Crippen LogP contribution in [-0.4, -0.2) is 48.1 Å². The quantitative estimate of drug-likeness (QED) is 0.589. The van der Waals surface area contributed by atoms with Crippen LogP contribution in [0.25, 0.3) is 0 Å². The summed E-state index contributed by atoms with van der Waals surface area (Å²) in [5.41, 5.74) is 1.54. The molecule has 1 aromatic heterocycles. The summed E-state index contributed by atoms with van der Waals surface area (Å²) in [5.74, 6) is -0.507. The number of hydrogen-bond donors (Lipinski definition) is 0. The van der Waals surface area contributed by atoms with Crippen molar-refractivity contribution in [3.8, 4) is 5.75 Å². The van der Waals surface area contributed by atoms with E-state index in [1.54, 1.807) is 37.4 Å². The van der Waals surface area contributed by atoms with Crippen molar-refractivity contribution in [1.29, 1.82) is 0 Å². The second kappa shape index (κ2) is 9.05. The number of rotatable bonds is 6. The van der Waals surface area contributed by atoms with Crippen LogP contribution in [0.3, 0.4) is 0 Å². The maximum absolute atomic E-state index is 14.4. The van der Waals surface area contributed by atoms with Gasteiger partial charge in [-0.05, 0) is 24.3 Å². The van der Waals surface area contributed by atoms with Gasteiger partial charge in [0.15, 0.2) is 5.76 Å². The first-order chi connectivity index (χ1) is 15.5. The number of hydrazone groups is 1. The molecule has 0 N–H and O–H groups in total. The van der Waals surface area contributed by atoms with Gasteiger partial charge in [-0.15, -0.1) is 0 Å². The Morgan fingerprint density at radius 3 is 2.62 bits per heavy atom. The minimum absolute atomic E-state index is 0.138. The Morgan fingerprint density at radius 1 is 1.16 bits per heavy atom. The Kier molecular flexibility index (Phi) is 6.02. The predicted octanol–water partition coefficient (Wildman–Crippen LogP) is 3.88. The summed E-state index contributed by atoms with van der Waals surface area (Å²) in [4.78, 5) is 27.0. The highest BCUT2D eigenvalue weighted by Crippen LogP contribution is 2.37. The zero-order valence-corrected chi connectivity index (χ0v) is 17.7. The van der Waals surface area contributed by atoms with E-state index >= 15 is 0 Å². The van der Waals surface area contributed by atoms with Gasteiger partial charge in [0.2, 0.25) is 0 Å². The Balaban J connectivity index is 1.65. The Hall–Kier alpha value is -3.94. The van der Waals surface area contributed by atoms with Crippen LogP contribution in [0.5, 0.6) is 5.75 Å². The number of carbonyl (C=O) groups is 2. The van der Waals surface area contributed by atoms with E-state index in [0.29, 0.717) is 23.4 Å². The molecule has 0 radical (unpaired) electrons. The number of nitrogens with zero attached hydrogens (tertiary/aromatic N) is 3. The fourth-order valence-corrected chi connectivity index (χ4v) is 3.72. The van der Waals surface area contributed by atoms with Gasteiger partial charge < -0.3 is 14.1 Å². The third kappa shape index (κ3) is 4.12. The smallest absolute Gasteiger partial charge is 0.289 e. The first-order valence-electron chi connectivity index (χ1n) is 10.1. The molecule has 1 aliphatic heterocycles. The number of ether oxygens (including phenoxy) is 1. The Morgan fingerprint density at radius 2 is 1.91 bits per heavy atom. The zero-order valence-electron chi connectivity index (χ0n) is 17.7. The van der Waals surface area contributed by atoms with Crippen LogP contribution in [0.2, 0.25) is 0 Å². The molecule has 2 heterocycles. The summed E-state index contributed by atoms with van der Waals surface area (Å²) >= 11 is 0. The molecule has 0 bridgehead atoms. The molecule has 3 aromatic rings. The van der Waals surface area contributed by atoms with Crippen molar-refractivity contribution in [3.05, 3.63) is 89.6 Å². The molecule has 32 heavy (non-hydrogen) atoms. The van der Waals surface area contributed by atoms with Gasteiger partial charge in [0.05, 0.1) is 25.1 Å².